The number of aryl methyl sites for hydroxylation is 2. The van der Waals surface area contributed by atoms with Crippen molar-refractivity contribution in [3.8, 4) is 5.75 Å². The molecule has 1 aliphatic rings. The maximum atomic E-state index is 12.7. The number of ether oxygens (including phenoxy) is 2. The van der Waals surface area contributed by atoms with Crippen LogP contribution >= 0.6 is 0 Å². The van der Waals surface area contributed by atoms with Crippen LogP contribution in [-0.4, -0.2) is 64.9 Å². The van der Waals surface area contributed by atoms with Crippen molar-refractivity contribution in [2.24, 2.45) is 0 Å². The summed E-state index contributed by atoms with van der Waals surface area (Å²) >= 11 is 0. The van der Waals surface area contributed by atoms with E-state index in [2.05, 4.69) is 24.9 Å². The van der Waals surface area contributed by atoms with Gasteiger partial charge in [-0.25, -0.2) is 23.1 Å². The van der Waals surface area contributed by atoms with E-state index in [9.17, 15) is 8.42 Å². The van der Waals surface area contributed by atoms with Crippen molar-refractivity contribution in [1.29, 1.82) is 0 Å². The number of morpholine rings is 1. The summed E-state index contributed by atoms with van der Waals surface area (Å²) in [6.45, 7) is 7.13. The number of methoxy groups -OCH3 is 1. The van der Waals surface area contributed by atoms with E-state index in [0.29, 0.717) is 36.9 Å². The lowest BCUT2D eigenvalue weighted by Crippen LogP contribution is -2.36. The molecule has 0 unspecified atom stereocenters. The predicted molar refractivity (Wildman–Crippen MR) is 111 cm³/mol. The zero-order chi connectivity index (χ0) is 20.9. The highest BCUT2D eigenvalue weighted by Gasteiger charge is 2.18. The van der Waals surface area contributed by atoms with Gasteiger partial charge in [0, 0.05) is 32.2 Å². The minimum Gasteiger partial charge on any atom is -0.496 e. The molecule has 1 aromatic heterocycles. The molecule has 0 aliphatic carbocycles. The molecule has 10 heteroatoms. The number of rotatable bonds is 8. The van der Waals surface area contributed by atoms with Crippen LogP contribution in [-0.2, 0) is 14.8 Å². The highest BCUT2D eigenvalue weighted by Crippen LogP contribution is 2.25. The van der Waals surface area contributed by atoms with Crippen molar-refractivity contribution in [1.82, 2.24) is 14.7 Å². The molecule has 9 nitrogen and oxygen atoms in total. The summed E-state index contributed by atoms with van der Waals surface area (Å²) in [5.74, 6) is 2.15. The third-order valence-electron chi connectivity index (χ3n) is 4.69. The van der Waals surface area contributed by atoms with Gasteiger partial charge < -0.3 is 19.7 Å². The van der Waals surface area contributed by atoms with Crippen LogP contribution < -0.4 is 19.7 Å². The van der Waals surface area contributed by atoms with Crippen LogP contribution in [0.15, 0.2) is 29.4 Å². The molecule has 0 atom stereocenters. The Balaban J connectivity index is 1.57. The zero-order valence-electron chi connectivity index (χ0n) is 16.9. The van der Waals surface area contributed by atoms with Crippen molar-refractivity contribution in [2.45, 2.75) is 18.7 Å². The van der Waals surface area contributed by atoms with Gasteiger partial charge in [-0.2, -0.15) is 0 Å². The molecule has 29 heavy (non-hydrogen) atoms. The standard InChI is InChI=1S/C19H27N5O4S/c1-14-11-17(15(2)10-16(14)27-3)29(25,26)23-5-4-20-18-12-19(22-13-21-18)24-6-8-28-9-7-24/h10-13,23H,4-9H2,1-3H3,(H,20,21,22). The molecule has 2 aromatic rings. The van der Waals surface area contributed by atoms with E-state index in [4.69, 9.17) is 9.47 Å². The number of hydrogen-bond donors (Lipinski definition) is 2. The van der Waals surface area contributed by atoms with Crippen LogP contribution in [0.5, 0.6) is 5.75 Å². The van der Waals surface area contributed by atoms with Gasteiger partial charge in [-0.15, -0.1) is 0 Å². The van der Waals surface area contributed by atoms with Crippen LogP contribution in [0.2, 0.25) is 0 Å². The van der Waals surface area contributed by atoms with E-state index < -0.39 is 10.0 Å². The molecule has 0 spiro atoms. The monoisotopic (exact) mass is 421 g/mol. The maximum absolute atomic E-state index is 12.7. The Kier molecular flexibility index (Phi) is 6.88. The van der Waals surface area contributed by atoms with Gasteiger partial charge in [-0.1, -0.05) is 0 Å². The fraction of sp³-hybridized carbons (Fsp3) is 0.474. The molecule has 1 aromatic carbocycles. The molecule has 3 rings (SSSR count). The Hall–Kier alpha value is -2.43. The Bertz CT molecular complexity index is 946. The van der Waals surface area contributed by atoms with E-state index >= 15 is 0 Å². The molecule has 0 saturated carbocycles. The van der Waals surface area contributed by atoms with Gasteiger partial charge in [0.1, 0.15) is 23.7 Å². The molecular weight excluding hydrogens is 394 g/mol. The first-order valence-corrected chi connectivity index (χ1v) is 10.9. The molecule has 0 bridgehead atoms. The maximum Gasteiger partial charge on any atom is 0.240 e. The number of aromatic nitrogens is 2. The topological polar surface area (TPSA) is 106 Å². The normalized spacial score (nSPS) is 14.7. The number of nitrogens with zero attached hydrogens (tertiary/aromatic N) is 3. The number of anilines is 2. The fourth-order valence-electron chi connectivity index (χ4n) is 3.14. The number of nitrogens with one attached hydrogen (secondary N) is 2. The minimum absolute atomic E-state index is 0.226. The SMILES string of the molecule is COc1cc(C)c(S(=O)(=O)NCCNc2cc(N3CCOCC3)ncn2)cc1C. The van der Waals surface area contributed by atoms with Crippen molar-refractivity contribution in [3.63, 3.8) is 0 Å². The van der Waals surface area contributed by atoms with Crippen LogP contribution in [0.1, 0.15) is 11.1 Å². The van der Waals surface area contributed by atoms with Crippen LogP contribution in [0, 0.1) is 13.8 Å². The first-order chi connectivity index (χ1) is 13.9. The van der Waals surface area contributed by atoms with E-state index in [0.717, 1.165) is 24.5 Å². The van der Waals surface area contributed by atoms with E-state index in [1.807, 2.05) is 13.0 Å². The fourth-order valence-corrected chi connectivity index (χ4v) is 4.48. The Morgan fingerprint density at radius 3 is 2.59 bits per heavy atom. The van der Waals surface area contributed by atoms with E-state index in [1.165, 1.54) is 6.33 Å². The van der Waals surface area contributed by atoms with Crippen molar-refractivity contribution in [3.05, 3.63) is 35.7 Å². The van der Waals surface area contributed by atoms with Gasteiger partial charge in [-0.05, 0) is 37.1 Å². The summed E-state index contributed by atoms with van der Waals surface area (Å²) in [6, 6.07) is 5.22. The lowest BCUT2D eigenvalue weighted by molar-refractivity contribution is 0.122. The van der Waals surface area contributed by atoms with Gasteiger partial charge >= 0.3 is 0 Å². The molecular formula is C19H27N5O4S. The van der Waals surface area contributed by atoms with E-state index in [-0.39, 0.29) is 11.4 Å². The summed E-state index contributed by atoms with van der Waals surface area (Å²) < 4.78 is 38.5. The summed E-state index contributed by atoms with van der Waals surface area (Å²) in [4.78, 5) is 10.9. The van der Waals surface area contributed by atoms with Gasteiger partial charge in [0.25, 0.3) is 0 Å². The smallest absolute Gasteiger partial charge is 0.240 e. The average Bonchev–Trinajstić information content (AvgIpc) is 2.73. The molecule has 158 valence electrons. The van der Waals surface area contributed by atoms with Crippen molar-refractivity contribution in [2.75, 3.05) is 56.7 Å². The largest absolute Gasteiger partial charge is 0.496 e. The second-order valence-electron chi connectivity index (χ2n) is 6.77. The zero-order valence-corrected chi connectivity index (χ0v) is 17.8. The molecule has 1 fully saturated rings. The molecule has 1 saturated heterocycles. The van der Waals surface area contributed by atoms with Gasteiger partial charge in [-0.3, -0.25) is 0 Å². The average molecular weight is 422 g/mol. The van der Waals surface area contributed by atoms with Crippen LogP contribution in [0.4, 0.5) is 11.6 Å². The van der Waals surface area contributed by atoms with Gasteiger partial charge in [0.05, 0.1) is 25.2 Å². The molecule has 2 N–H and O–H groups in total. The second-order valence-corrected chi connectivity index (χ2v) is 8.51. The molecule has 1 aliphatic heterocycles. The molecule has 2 heterocycles. The predicted octanol–water partition coefficient (Wildman–Crippen LogP) is 1.33. The highest BCUT2D eigenvalue weighted by molar-refractivity contribution is 7.89. The van der Waals surface area contributed by atoms with Crippen molar-refractivity contribution < 1.29 is 17.9 Å². The third-order valence-corrected chi connectivity index (χ3v) is 6.30. The lowest BCUT2D eigenvalue weighted by atomic mass is 10.1. The molecule has 0 amide bonds. The summed E-state index contributed by atoms with van der Waals surface area (Å²) in [5.41, 5.74) is 1.41. The number of hydrogen-bond acceptors (Lipinski definition) is 8. The van der Waals surface area contributed by atoms with Crippen LogP contribution in [0.3, 0.4) is 0 Å². The van der Waals surface area contributed by atoms with E-state index in [1.54, 1.807) is 26.2 Å². The summed E-state index contributed by atoms with van der Waals surface area (Å²) in [7, 11) is -2.05. The first kappa shape index (κ1) is 21.3. The first-order valence-electron chi connectivity index (χ1n) is 9.44. The van der Waals surface area contributed by atoms with Gasteiger partial charge in [0.2, 0.25) is 10.0 Å². The second kappa shape index (κ2) is 9.38. The highest BCUT2D eigenvalue weighted by atomic mass is 32.2. The van der Waals surface area contributed by atoms with Gasteiger partial charge in [0.15, 0.2) is 0 Å². The lowest BCUT2D eigenvalue weighted by Gasteiger charge is -2.27. The summed E-state index contributed by atoms with van der Waals surface area (Å²) in [5, 5.41) is 3.14. The van der Waals surface area contributed by atoms with Crippen molar-refractivity contribution >= 4 is 21.7 Å². The third kappa shape index (κ3) is 5.34. The Morgan fingerprint density at radius 1 is 1.10 bits per heavy atom. The number of sulfonamides is 1. The minimum atomic E-state index is -3.62. The van der Waals surface area contributed by atoms with Crippen LogP contribution in [0.25, 0.3) is 0 Å². The summed E-state index contributed by atoms with van der Waals surface area (Å²) in [6.07, 6.45) is 1.50. The number of benzene rings is 1. The molecule has 0 radical (unpaired) electrons. The Labute approximate surface area is 171 Å². The Morgan fingerprint density at radius 2 is 1.86 bits per heavy atom. The quantitative estimate of drug-likeness (QED) is 0.615.